The summed E-state index contributed by atoms with van der Waals surface area (Å²) in [7, 11) is 1.91. The van der Waals surface area contributed by atoms with E-state index in [9.17, 15) is 4.79 Å². The summed E-state index contributed by atoms with van der Waals surface area (Å²) >= 11 is 0. The van der Waals surface area contributed by atoms with Crippen LogP contribution in [0.4, 0.5) is 10.6 Å². The SMILES string of the molecule is CC(C)CN1CCC(NC(=O)Nc2cc3cc(-c4cnn(C)c4)ccc3cn2)CC1. The van der Waals surface area contributed by atoms with Crippen molar-refractivity contribution in [2.24, 2.45) is 13.0 Å². The first kappa shape index (κ1) is 20.3. The Morgan fingerprint density at radius 3 is 2.63 bits per heavy atom. The number of aromatic nitrogens is 3. The van der Waals surface area contributed by atoms with Gasteiger partial charge in [-0.2, -0.15) is 5.10 Å². The van der Waals surface area contributed by atoms with Gasteiger partial charge in [-0.1, -0.05) is 26.0 Å². The minimum atomic E-state index is -0.187. The molecule has 1 saturated heterocycles. The summed E-state index contributed by atoms with van der Waals surface area (Å²) in [6.45, 7) is 7.69. The van der Waals surface area contributed by atoms with Gasteiger partial charge in [0.05, 0.1) is 6.20 Å². The van der Waals surface area contributed by atoms with Crippen LogP contribution in [-0.2, 0) is 7.05 Å². The van der Waals surface area contributed by atoms with Gasteiger partial charge in [0.25, 0.3) is 0 Å². The minimum Gasteiger partial charge on any atom is -0.335 e. The zero-order valence-corrected chi connectivity index (χ0v) is 17.9. The number of carbonyl (C=O) groups is 1. The number of hydrogen-bond donors (Lipinski definition) is 2. The number of nitrogens with zero attached hydrogens (tertiary/aromatic N) is 4. The predicted molar refractivity (Wildman–Crippen MR) is 120 cm³/mol. The number of carbonyl (C=O) groups excluding carboxylic acids is 1. The molecular weight excluding hydrogens is 376 g/mol. The second kappa shape index (κ2) is 8.83. The number of amides is 2. The maximum Gasteiger partial charge on any atom is 0.320 e. The number of fused-ring (bicyclic) bond motifs is 1. The van der Waals surface area contributed by atoms with Crippen LogP contribution < -0.4 is 10.6 Å². The van der Waals surface area contributed by atoms with E-state index in [1.165, 1.54) is 0 Å². The molecule has 0 spiro atoms. The molecule has 2 aromatic heterocycles. The molecule has 30 heavy (non-hydrogen) atoms. The van der Waals surface area contributed by atoms with Crippen LogP contribution in [-0.4, -0.2) is 51.4 Å². The van der Waals surface area contributed by atoms with Gasteiger partial charge < -0.3 is 10.2 Å². The van der Waals surface area contributed by atoms with Gasteiger partial charge in [-0.05, 0) is 41.8 Å². The number of benzene rings is 1. The van der Waals surface area contributed by atoms with Gasteiger partial charge >= 0.3 is 6.03 Å². The number of aryl methyl sites for hydroxylation is 1. The van der Waals surface area contributed by atoms with Crippen LogP contribution in [0.2, 0.25) is 0 Å². The van der Waals surface area contributed by atoms with Crippen molar-refractivity contribution in [2.45, 2.75) is 32.7 Å². The quantitative estimate of drug-likeness (QED) is 0.674. The highest BCUT2D eigenvalue weighted by Crippen LogP contribution is 2.25. The molecule has 2 amide bonds. The zero-order chi connectivity index (χ0) is 21.1. The van der Waals surface area contributed by atoms with Crippen molar-refractivity contribution in [3.63, 3.8) is 0 Å². The fourth-order valence-electron chi connectivity index (χ4n) is 4.07. The van der Waals surface area contributed by atoms with Crippen molar-refractivity contribution in [2.75, 3.05) is 25.0 Å². The fraction of sp³-hybridized carbons (Fsp3) is 0.435. The molecule has 0 unspecified atom stereocenters. The Morgan fingerprint density at radius 1 is 1.13 bits per heavy atom. The molecule has 7 nitrogen and oxygen atoms in total. The summed E-state index contributed by atoms with van der Waals surface area (Å²) in [5.41, 5.74) is 2.15. The van der Waals surface area contributed by atoms with E-state index in [1.54, 1.807) is 10.9 Å². The standard InChI is InChI=1S/C23H30N6O/c1-16(2)14-29-8-6-21(7-9-29)26-23(30)27-22-11-19-10-17(4-5-18(19)12-24-22)20-13-25-28(3)15-20/h4-5,10-13,15-16,21H,6-9,14H2,1-3H3,(H2,24,26,27,30). The number of anilines is 1. The molecule has 1 aromatic carbocycles. The van der Waals surface area contributed by atoms with Crippen molar-refractivity contribution < 1.29 is 4.79 Å². The number of hydrogen-bond acceptors (Lipinski definition) is 4. The summed E-state index contributed by atoms with van der Waals surface area (Å²) in [6.07, 6.45) is 7.60. The molecule has 1 fully saturated rings. The smallest absolute Gasteiger partial charge is 0.320 e. The third-order valence-electron chi connectivity index (χ3n) is 5.55. The number of likely N-dealkylation sites (tertiary alicyclic amines) is 1. The minimum absolute atomic E-state index is 0.187. The summed E-state index contributed by atoms with van der Waals surface area (Å²) in [5.74, 6) is 1.23. The first-order valence-corrected chi connectivity index (χ1v) is 10.6. The topological polar surface area (TPSA) is 75.1 Å². The average Bonchev–Trinajstić information content (AvgIpc) is 3.15. The lowest BCUT2D eigenvalue weighted by molar-refractivity contribution is 0.180. The molecule has 158 valence electrons. The highest BCUT2D eigenvalue weighted by molar-refractivity contribution is 5.93. The third-order valence-corrected chi connectivity index (χ3v) is 5.55. The van der Waals surface area contributed by atoms with Crippen LogP contribution >= 0.6 is 0 Å². The van der Waals surface area contributed by atoms with E-state index in [-0.39, 0.29) is 12.1 Å². The summed E-state index contributed by atoms with van der Waals surface area (Å²) < 4.78 is 1.79. The summed E-state index contributed by atoms with van der Waals surface area (Å²) in [5, 5.41) is 12.3. The van der Waals surface area contributed by atoms with E-state index in [1.807, 2.05) is 31.6 Å². The molecule has 2 N–H and O–H groups in total. The molecule has 4 rings (SSSR count). The van der Waals surface area contributed by atoms with Crippen molar-refractivity contribution in [3.05, 3.63) is 42.9 Å². The van der Waals surface area contributed by atoms with Gasteiger partial charge in [-0.15, -0.1) is 0 Å². The fourth-order valence-corrected chi connectivity index (χ4v) is 4.07. The lowest BCUT2D eigenvalue weighted by Gasteiger charge is -2.33. The van der Waals surface area contributed by atoms with Crippen LogP contribution in [0.15, 0.2) is 42.9 Å². The molecule has 0 atom stereocenters. The van der Waals surface area contributed by atoms with Crippen LogP contribution in [0.1, 0.15) is 26.7 Å². The van der Waals surface area contributed by atoms with Crippen LogP contribution in [0.25, 0.3) is 21.9 Å². The van der Waals surface area contributed by atoms with E-state index >= 15 is 0 Å². The molecule has 1 aliphatic rings. The number of pyridine rings is 1. The molecule has 7 heteroatoms. The Labute approximate surface area is 177 Å². The Hall–Kier alpha value is -2.93. The predicted octanol–water partition coefficient (Wildman–Crippen LogP) is 3.88. The number of rotatable bonds is 5. The molecule has 0 bridgehead atoms. The maximum atomic E-state index is 12.5. The lowest BCUT2D eigenvalue weighted by Crippen LogP contribution is -2.46. The van der Waals surface area contributed by atoms with Crippen molar-refractivity contribution in [1.29, 1.82) is 0 Å². The average molecular weight is 407 g/mol. The lowest BCUT2D eigenvalue weighted by atomic mass is 10.0. The Balaban J connectivity index is 1.38. The Kier molecular flexibility index (Phi) is 5.99. The van der Waals surface area contributed by atoms with Gasteiger partial charge in [0.15, 0.2) is 0 Å². The largest absolute Gasteiger partial charge is 0.335 e. The number of piperidine rings is 1. The van der Waals surface area contributed by atoms with Crippen LogP contribution in [0, 0.1) is 5.92 Å². The van der Waals surface area contributed by atoms with Gasteiger partial charge in [0.1, 0.15) is 5.82 Å². The zero-order valence-electron chi connectivity index (χ0n) is 17.9. The van der Waals surface area contributed by atoms with Crippen molar-refractivity contribution >= 4 is 22.6 Å². The molecule has 3 heterocycles. The molecule has 0 saturated carbocycles. The molecule has 1 aliphatic heterocycles. The van der Waals surface area contributed by atoms with Gasteiger partial charge in [-0.3, -0.25) is 10.00 Å². The second-order valence-electron chi connectivity index (χ2n) is 8.60. The Morgan fingerprint density at radius 2 is 1.93 bits per heavy atom. The third kappa shape index (κ3) is 4.97. The molecular formula is C23H30N6O. The second-order valence-corrected chi connectivity index (χ2v) is 8.60. The number of nitrogens with one attached hydrogen (secondary N) is 2. The van der Waals surface area contributed by atoms with E-state index in [0.29, 0.717) is 11.7 Å². The summed E-state index contributed by atoms with van der Waals surface area (Å²) in [6, 6.07) is 8.15. The van der Waals surface area contributed by atoms with Crippen molar-refractivity contribution in [1.82, 2.24) is 25.0 Å². The first-order valence-electron chi connectivity index (χ1n) is 10.6. The van der Waals surface area contributed by atoms with Gasteiger partial charge in [-0.25, -0.2) is 9.78 Å². The molecule has 0 aliphatic carbocycles. The molecule has 3 aromatic rings. The number of urea groups is 1. The Bertz CT molecular complexity index is 1020. The van der Waals surface area contributed by atoms with E-state index in [4.69, 9.17) is 0 Å². The van der Waals surface area contributed by atoms with Crippen LogP contribution in [0.5, 0.6) is 0 Å². The van der Waals surface area contributed by atoms with E-state index in [2.05, 4.69) is 51.6 Å². The highest BCUT2D eigenvalue weighted by atomic mass is 16.2. The highest BCUT2D eigenvalue weighted by Gasteiger charge is 2.21. The van der Waals surface area contributed by atoms with E-state index in [0.717, 1.165) is 54.4 Å². The maximum absolute atomic E-state index is 12.5. The van der Waals surface area contributed by atoms with Crippen molar-refractivity contribution in [3.8, 4) is 11.1 Å². The molecule has 0 radical (unpaired) electrons. The summed E-state index contributed by atoms with van der Waals surface area (Å²) in [4.78, 5) is 19.4. The van der Waals surface area contributed by atoms with Gasteiger partial charge in [0.2, 0.25) is 0 Å². The normalized spacial score (nSPS) is 15.6. The monoisotopic (exact) mass is 406 g/mol. The van der Waals surface area contributed by atoms with Crippen LogP contribution in [0.3, 0.4) is 0 Å². The first-order chi connectivity index (χ1) is 14.5. The van der Waals surface area contributed by atoms with Gasteiger partial charge in [0, 0.05) is 56.1 Å². The van der Waals surface area contributed by atoms with E-state index < -0.39 is 0 Å².